The summed E-state index contributed by atoms with van der Waals surface area (Å²) < 4.78 is 23.5. The third-order valence-corrected chi connectivity index (χ3v) is 4.22. The minimum absolute atomic E-state index is 0.118. The molecular formula is C8H14N2O3S. The molecule has 0 saturated carbocycles. The van der Waals surface area contributed by atoms with Crippen LogP contribution in [0.2, 0.25) is 0 Å². The van der Waals surface area contributed by atoms with Gasteiger partial charge in [-0.25, -0.2) is 8.42 Å². The highest BCUT2D eigenvalue weighted by atomic mass is 32.2. The second-order valence-electron chi connectivity index (χ2n) is 3.96. The van der Waals surface area contributed by atoms with E-state index in [4.69, 9.17) is 0 Å². The van der Waals surface area contributed by atoms with Crippen LogP contribution in [0.1, 0.15) is 25.7 Å². The number of amides is 1. The summed E-state index contributed by atoms with van der Waals surface area (Å²) in [6, 6.07) is 0.399. The molecule has 3 atom stereocenters. The van der Waals surface area contributed by atoms with Gasteiger partial charge in [0, 0.05) is 18.1 Å². The van der Waals surface area contributed by atoms with Crippen LogP contribution >= 0.6 is 0 Å². The number of carbonyl (C=O) groups excluding carboxylic acids is 1. The number of rotatable bonds is 3. The molecule has 80 valence electrons. The fourth-order valence-electron chi connectivity index (χ4n) is 2.65. The van der Waals surface area contributed by atoms with Crippen LogP contribution < -0.4 is 5.32 Å². The lowest BCUT2D eigenvalue weighted by molar-refractivity contribution is -0.110. The first-order valence-corrected chi connectivity index (χ1v) is 5.97. The molecule has 1 amide bonds. The Kier molecular flexibility index (Phi) is 2.73. The lowest BCUT2D eigenvalue weighted by Gasteiger charge is -2.34. The average molecular weight is 218 g/mol. The van der Waals surface area contributed by atoms with E-state index in [-0.39, 0.29) is 18.1 Å². The van der Waals surface area contributed by atoms with Crippen LogP contribution in [0.15, 0.2) is 0 Å². The Morgan fingerprint density at radius 2 is 1.79 bits per heavy atom. The molecule has 2 bridgehead atoms. The zero-order valence-electron chi connectivity index (χ0n) is 7.76. The molecule has 0 spiro atoms. The summed E-state index contributed by atoms with van der Waals surface area (Å²) in [7, 11) is -2.45. The molecule has 2 heterocycles. The van der Waals surface area contributed by atoms with Crippen molar-refractivity contribution in [3.05, 3.63) is 0 Å². The fraction of sp³-hybridized carbons (Fsp3) is 0.875. The molecule has 0 unspecified atom stereocenters. The van der Waals surface area contributed by atoms with Gasteiger partial charge in [-0.1, -0.05) is 0 Å². The molecule has 2 rings (SSSR count). The first-order valence-electron chi connectivity index (χ1n) is 4.84. The standard InChI is InChI=1S/C8H14N2O3S/c11-5-9-6-3-7-1-2-8(4-6)10(7)14(12)13/h5-8,14H,1-4H2,(H,9,11)/t6-,7+,8-. The smallest absolute Gasteiger partial charge is 0.207 e. The molecule has 2 saturated heterocycles. The van der Waals surface area contributed by atoms with Crippen LogP contribution in [0.25, 0.3) is 0 Å². The predicted molar refractivity (Wildman–Crippen MR) is 51.2 cm³/mol. The molecule has 14 heavy (non-hydrogen) atoms. The summed E-state index contributed by atoms with van der Waals surface area (Å²) in [6.45, 7) is 0. The normalized spacial score (nSPS) is 37.4. The zero-order valence-corrected chi connectivity index (χ0v) is 8.65. The Hall–Kier alpha value is -0.620. The highest BCUT2D eigenvalue weighted by Crippen LogP contribution is 2.35. The van der Waals surface area contributed by atoms with E-state index < -0.39 is 10.9 Å². The summed E-state index contributed by atoms with van der Waals surface area (Å²) in [5.41, 5.74) is 0. The summed E-state index contributed by atoms with van der Waals surface area (Å²) in [6.07, 6.45) is 4.10. The molecule has 0 aliphatic carbocycles. The van der Waals surface area contributed by atoms with Gasteiger partial charge in [-0.05, 0) is 25.7 Å². The summed E-state index contributed by atoms with van der Waals surface area (Å²) >= 11 is 0. The van der Waals surface area contributed by atoms with Gasteiger partial charge in [0.15, 0.2) is 0 Å². The van der Waals surface area contributed by atoms with Gasteiger partial charge in [0.2, 0.25) is 17.3 Å². The topological polar surface area (TPSA) is 66.5 Å². The maximum atomic E-state index is 11.0. The van der Waals surface area contributed by atoms with E-state index in [0.717, 1.165) is 25.7 Å². The Bertz CT molecular complexity index is 283. The third kappa shape index (κ3) is 1.64. The van der Waals surface area contributed by atoms with Crippen molar-refractivity contribution >= 4 is 17.3 Å². The second-order valence-corrected chi connectivity index (χ2v) is 4.89. The van der Waals surface area contributed by atoms with Crippen molar-refractivity contribution in [1.82, 2.24) is 9.62 Å². The number of nitrogens with one attached hydrogen (secondary N) is 1. The van der Waals surface area contributed by atoms with Crippen molar-refractivity contribution < 1.29 is 13.2 Å². The highest BCUT2D eigenvalue weighted by Gasteiger charge is 2.42. The summed E-state index contributed by atoms with van der Waals surface area (Å²) in [5.74, 6) is 0. The van der Waals surface area contributed by atoms with E-state index in [1.165, 1.54) is 0 Å². The van der Waals surface area contributed by atoms with Gasteiger partial charge >= 0.3 is 0 Å². The number of nitrogens with zero attached hydrogens (tertiary/aromatic N) is 1. The quantitative estimate of drug-likeness (QED) is 0.484. The Labute approximate surface area is 84.5 Å². The minimum Gasteiger partial charge on any atom is -0.356 e. The van der Waals surface area contributed by atoms with Crippen molar-refractivity contribution in [2.24, 2.45) is 0 Å². The molecular weight excluding hydrogens is 204 g/mol. The molecule has 2 fully saturated rings. The van der Waals surface area contributed by atoms with Gasteiger partial charge < -0.3 is 5.32 Å². The maximum absolute atomic E-state index is 11.0. The minimum atomic E-state index is -2.45. The van der Waals surface area contributed by atoms with E-state index in [1.807, 2.05) is 0 Å². The molecule has 1 N–H and O–H groups in total. The monoisotopic (exact) mass is 218 g/mol. The van der Waals surface area contributed by atoms with Gasteiger partial charge in [-0.15, -0.1) is 0 Å². The van der Waals surface area contributed by atoms with Crippen molar-refractivity contribution in [3.8, 4) is 0 Å². The molecule has 6 heteroatoms. The molecule has 5 nitrogen and oxygen atoms in total. The summed E-state index contributed by atoms with van der Waals surface area (Å²) in [4.78, 5) is 10.3. The van der Waals surface area contributed by atoms with Crippen molar-refractivity contribution in [2.45, 2.75) is 43.8 Å². The van der Waals surface area contributed by atoms with Gasteiger partial charge in [0.1, 0.15) is 0 Å². The van der Waals surface area contributed by atoms with Gasteiger partial charge in [-0.3, -0.25) is 4.79 Å². The molecule has 0 radical (unpaired) electrons. The second kappa shape index (κ2) is 3.86. The maximum Gasteiger partial charge on any atom is 0.207 e. The SMILES string of the molecule is O=CN[C@H]1C[C@H]2CC[C@@H](C1)N2[SH](=O)=O. The van der Waals surface area contributed by atoms with E-state index in [2.05, 4.69) is 5.32 Å². The van der Waals surface area contributed by atoms with Crippen LogP contribution in [0, 0.1) is 0 Å². The number of thiol groups is 1. The van der Waals surface area contributed by atoms with E-state index >= 15 is 0 Å². The number of carbonyl (C=O) groups is 1. The molecule has 2 aliphatic rings. The number of piperidine rings is 1. The van der Waals surface area contributed by atoms with Crippen LogP contribution in [-0.2, 0) is 15.7 Å². The lowest BCUT2D eigenvalue weighted by atomic mass is 10.0. The van der Waals surface area contributed by atoms with Crippen LogP contribution in [-0.4, -0.2) is 37.3 Å². The predicted octanol–water partition coefficient (Wildman–Crippen LogP) is -0.746. The van der Waals surface area contributed by atoms with Gasteiger partial charge in [0.05, 0.1) is 0 Å². The first kappa shape index (κ1) is 9.92. The number of hydrogen-bond donors (Lipinski definition) is 2. The van der Waals surface area contributed by atoms with Gasteiger partial charge in [-0.2, -0.15) is 4.31 Å². The summed E-state index contributed by atoms with van der Waals surface area (Å²) in [5, 5.41) is 2.74. The van der Waals surface area contributed by atoms with E-state index in [9.17, 15) is 13.2 Å². The first-order chi connectivity index (χ1) is 6.72. The Morgan fingerprint density at radius 1 is 1.21 bits per heavy atom. The molecule has 2 aliphatic heterocycles. The number of hydrogen-bond acceptors (Lipinski definition) is 3. The van der Waals surface area contributed by atoms with Crippen LogP contribution in [0.4, 0.5) is 0 Å². The van der Waals surface area contributed by atoms with E-state index in [0.29, 0.717) is 6.41 Å². The molecule has 0 aromatic carbocycles. The lowest BCUT2D eigenvalue weighted by Crippen LogP contribution is -2.47. The van der Waals surface area contributed by atoms with Crippen molar-refractivity contribution in [2.75, 3.05) is 0 Å². The number of fused-ring (bicyclic) bond motifs is 2. The average Bonchev–Trinajstić information content (AvgIpc) is 2.39. The third-order valence-electron chi connectivity index (χ3n) is 3.19. The van der Waals surface area contributed by atoms with Crippen LogP contribution in [0.5, 0.6) is 0 Å². The van der Waals surface area contributed by atoms with Gasteiger partial charge in [0.25, 0.3) is 0 Å². The molecule has 0 aromatic heterocycles. The van der Waals surface area contributed by atoms with Crippen molar-refractivity contribution in [3.63, 3.8) is 0 Å². The zero-order chi connectivity index (χ0) is 10.1. The molecule has 0 aromatic rings. The van der Waals surface area contributed by atoms with E-state index in [1.54, 1.807) is 4.31 Å². The fourth-order valence-corrected chi connectivity index (χ4v) is 3.60. The highest BCUT2D eigenvalue weighted by molar-refractivity contribution is 7.69. The largest absolute Gasteiger partial charge is 0.356 e. The van der Waals surface area contributed by atoms with Crippen molar-refractivity contribution in [1.29, 1.82) is 0 Å². The Morgan fingerprint density at radius 3 is 2.21 bits per heavy atom. The Balaban J connectivity index is 2.08. The van der Waals surface area contributed by atoms with Crippen LogP contribution in [0.3, 0.4) is 0 Å².